The average molecular weight is 371 g/mol. The van der Waals surface area contributed by atoms with E-state index in [1.165, 1.54) is 18.3 Å². The van der Waals surface area contributed by atoms with Crippen LogP contribution in [0.3, 0.4) is 0 Å². The lowest BCUT2D eigenvalue weighted by atomic mass is 10.2. The molecule has 0 atom stereocenters. The first-order valence-corrected chi connectivity index (χ1v) is 7.38. The highest BCUT2D eigenvalue weighted by molar-refractivity contribution is 9.10. The van der Waals surface area contributed by atoms with Gasteiger partial charge in [-0.3, -0.25) is 20.1 Å². The number of nitro benzene ring substituents is 1. The Balaban J connectivity index is 2.00. The third-order valence-electron chi connectivity index (χ3n) is 3.20. The van der Waals surface area contributed by atoms with Crippen LogP contribution in [-0.2, 0) is 0 Å². The topological polar surface area (TPSA) is 91.5 Å². The highest BCUT2D eigenvalue weighted by Gasteiger charge is 2.11. The van der Waals surface area contributed by atoms with Crippen molar-refractivity contribution in [1.29, 1.82) is 0 Å². The van der Waals surface area contributed by atoms with Crippen molar-refractivity contribution in [3.8, 4) is 5.75 Å². The zero-order chi connectivity index (χ0) is 16.4. The van der Waals surface area contributed by atoms with Crippen LogP contribution in [0, 0.1) is 10.1 Å². The lowest BCUT2D eigenvalue weighted by Crippen LogP contribution is -2.02. The van der Waals surface area contributed by atoms with E-state index in [2.05, 4.69) is 25.9 Å². The van der Waals surface area contributed by atoms with Crippen molar-refractivity contribution in [1.82, 2.24) is 4.98 Å². The van der Waals surface area contributed by atoms with Crippen molar-refractivity contribution in [2.24, 2.45) is 4.99 Å². The summed E-state index contributed by atoms with van der Waals surface area (Å²) in [6.45, 7) is 0. The summed E-state index contributed by atoms with van der Waals surface area (Å²) >= 11 is 3.16. The molecule has 23 heavy (non-hydrogen) atoms. The summed E-state index contributed by atoms with van der Waals surface area (Å²) in [7, 11) is 0. The second-order valence-corrected chi connectivity index (χ2v) is 5.65. The molecule has 0 aliphatic heterocycles. The maximum Gasteiger partial charge on any atom is 0.263 e. The number of halogens is 1. The second kappa shape index (κ2) is 6.13. The SMILES string of the molecule is O=[N+]([O-])c1cc(Br)cc(C=Nc2ccc3ncccc3c2)c1[O-]. The number of nitro groups is 1. The molecule has 2 aromatic carbocycles. The van der Waals surface area contributed by atoms with Crippen molar-refractivity contribution in [2.45, 2.75) is 0 Å². The standard InChI is InChI=1S/C16H10BrN3O3/c17-12-6-11(16(21)15(8-12)20(22)23)9-19-13-3-4-14-10(7-13)2-1-5-18-14/h1-9,21H/p-1. The first-order valence-electron chi connectivity index (χ1n) is 6.58. The van der Waals surface area contributed by atoms with E-state index in [9.17, 15) is 15.2 Å². The maximum absolute atomic E-state index is 12.0. The van der Waals surface area contributed by atoms with Crippen LogP contribution in [0.4, 0.5) is 11.4 Å². The molecule has 6 nitrogen and oxygen atoms in total. The number of hydrogen-bond donors (Lipinski definition) is 0. The minimum absolute atomic E-state index is 0.150. The van der Waals surface area contributed by atoms with E-state index in [1.807, 2.05) is 24.3 Å². The zero-order valence-electron chi connectivity index (χ0n) is 11.6. The first kappa shape index (κ1) is 15.1. The van der Waals surface area contributed by atoms with Crippen molar-refractivity contribution in [3.63, 3.8) is 0 Å². The summed E-state index contributed by atoms with van der Waals surface area (Å²) < 4.78 is 0.452. The van der Waals surface area contributed by atoms with Gasteiger partial charge in [-0.2, -0.15) is 0 Å². The highest BCUT2D eigenvalue weighted by atomic mass is 79.9. The highest BCUT2D eigenvalue weighted by Crippen LogP contribution is 2.30. The third-order valence-corrected chi connectivity index (χ3v) is 3.66. The van der Waals surface area contributed by atoms with Gasteiger partial charge in [0.15, 0.2) is 0 Å². The fourth-order valence-corrected chi connectivity index (χ4v) is 2.58. The van der Waals surface area contributed by atoms with Crippen LogP contribution in [0.1, 0.15) is 5.56 Å². The Kier molecular flexibility index (Phi) is 4.03. The molecule has 3 rings (SSSR count). The van der Waals surface area contributed by atoms with Gasteiger partial charge in [0.2, 0.25) is 0 Å². The quantitative estimate of drug-likeness (QED) is 0.398. The maximum atomic E-state index is 12.0. The van der Waals surface area contributed by atoms with E-state index in [1.54, 1.807) is 12.3 Å². The van der Waals surface area contributed by atoms with E-state index in [0.29, 0.717) is 10.2 Å². The summed E-state index contributed by atoms with van der Waals surface area (Å²) in [5.74, 6) is -0.663. The van der Waals surface area contributed by atoms with Gasteiger partial charge in [-0.15, -0.1) is 0 Å². The molecule has 0 aliphatic carbocycles. The Morgan fingerprint density at radius 1 is 1.22 bits per heavy atom. The van der Waals surface area contributed by atoms with Gasteiger partial charge in [-0.05, 0) is 41.6 Å². The van der Waals surface area contributed by atoms with Crippen LogP contribution in [0.5, 0.6) is 5.75 Å². The summed E-state index contributed by atoms with van der Waals surface area (Å²) in [5.41, 5.74) is 1.14. The Morgan fingerprint density at radius 3 is 2.83 bits per heavy atom. The predicted octanol–water partition coefficient (Wildman–Crippen LogP) is 3.73. The molecule has 1 aromatic heterocycles. The molecular weight excluding hydrogens is 362 g/mol. The molecule has 0 unspecified atom stereocenters. The van der Waals surface area contributed by atoms with Gasteiger partial charge >= 0.3 is 0 Å². The largest absolute Gasteiger partial charge is 0.867 e. The van der Waals surface area contributed by atoms with Gasteiger partial charge in [0.05, 0.1) is 16.1 Å². The van der Waals surface area contributed by atoms with Crippen molar-refractivity contribution in [3.05, 3.63) is 68.8 Å². The minimum Gasteiger partial charge on any atom is -0.867 e. The van der Waals surface area contributed by atoms with Crippen LogP contribution in [0.15, 0.2) is 58.1 Å². The molecule has 7 heteroatoms. The Bertz CT molecular complexity index is 941. The Labute approximate surface area is 139 Å². The lowest BCUT2D eigenvalue weighted by Gasteiger charge is -2.10. The summed E-state index contributed by atoms with van der Waals surface area (Å²) in [4.78, 5) is 18.6. The summed E-state index contributed by atoms with van der Waals surface area (Å²) in [5, 5.41) is 23.8. The summed E-state index contributed by atoms with van der Waals surface area (Å²) in [6, 6.07) is 11.8. The molecule has 3 aromatic rings. The normalized spacial score (nSPS) is 11.2. The van der Waals surface area contributed by atoms with Gasteiger partial charge < -0.3 is 5.11 Å². The zero-order valence-corrected chi connectivity index (χ0v) is 13.2. The molecule has 0 N–H and O–H groups in total. The smallest absolute Gasteiger partial charge is 0.263 e. The fourth-order valence-electron chi connectivity index (χ4n) is 2.12. The number of aliphatic imine (C=N–C) groups is 1. The van der Waals surface area contributed by atoms with Crippen molar-refractivity contribution < 1.29 is 10.0 Å². The van der Waals surface area contributed by atoms with Crippen LogP contribution in [0.2, 0.25) is 0 Å². The molecule has 114 valence electrons. The fraction of sp³-hybridized carbons (Fsp3) is 0. The lowest BCUT2D eigenvalue weighted by molar-refractivity contribution is -0.398. The van der Waals surface area contributed by atoms with Gasteiger partial charge in [0, 0.05) is 28.3 Å². The van der Waals surface area contributed by atoms with Crippen molar-refractivity contribution in [2.75, 3.05) is 0 Å². The van der Waals surface area contributed by atoms with Crippen LogP contribution in [0.25, 0.3) is 10.9 Å². The average Bonchev–Trinajstić information content (AvgIpc) is 2.55. The van der Waals surface area contributed by atoms with Gasteiger partial charge in [0.1, 0.15) is 0 Å². The number of pyridine rings is 1. The van der Waals surface area contributed by atoms with Crippen LogP contribution >= 0.6 is 15.9 Å². The molecular formula is C16H9BrN3O3-. The molecule has 0 amide bonds. The van der Waals surface area contributed by atoms with E-state index in [-0.39, 0.29) is 5.56 Å². The molecule has 0 radical (unpaired) electrons. The Morgan fingerprint density at radius 2 is 2.04 bits per heavy atom. The molecule has 0 saturated carbocycles. The number of benzene rings is 2. The number of nitrogens with zero attached hydrogens (tertiary/aromatic N) is 3. The van der Waals surface area contributed by atoms with E-state index >= 15 is 0 Å². The number of aromatic nitrogens is 1. The monoisotopic (exact) mass is 370 g/mol. The molecule has 0 saturated heterocycles. The van der Waals surface area contributed by atoms with Gasteiger partial charge in [-0.25, -0.2) is 0 Å². The third kappa shape index (κ3) is 3.19. The minimum atomic E-state index is -0.702. The molecule has 0 bridgehead atoms. The van der Waals surface area contributed by atoms with E-state index in [4.69, 9.17) is 0 Å². The van der Waals surface area contributed by atoms with Crippen molar-refractivity contribution >= 4 is 44.4 Å². The number of hydrogen-bond acceptors (Lipinski definition) is 5. The van der Waals surface area contributed by atoms with Gasteiger partial charge in [-0.1, -0.05) is 22.0 Å². The van der Waals surface area contributed by atoms with E-state index in [0.717, 1.165) is 10.9 Å². The second-order valence-electron chi connectivity index (χ2n) is 4.74. The predicted molar refractivity (Wildman–Crippen MR) is 89.2 cm³/mol. The number of fused-ring (bicyclic) bond motifs is 1. The first-order chi connectivity index (χ1) is 11.0. The number of rotatable bonds is 3. The van der Waals surface area contributed by atoms with Gasteiger partial charge in [0.25, 0.3) is 5.69 Å². The molecule has 0 fully saturated rings. The van der Waals surface area contributed by atoms with Crippen LogP contribution in [-0.4, -0.2) is 16.1 Å². The molecule has 0 aliphatic rings. The molecule has 0 spiro atoms. The van der Waals surface area contributed by atoms with Crippen LogP contribution < -0.4 is 5.11 Å². The Hall–Kier alpha value is -2.80. The van der Waals surface area contributed by atoms with E-state index < -0.39 is 16.4 Å². The summed E-state index contributed by atoms with van der Waals surface area (Å²) in [6.07, 6.45) is 3.03. The molecule has 1 heterocycles.